The van der Waals surface area contributed by atoms with E-state index in [0.29, 0.717) is 12.8 Å². The zero-order valence-electron chi connectivity index (χ0n) is 13.0. The number of nitrogens with one attached hydrogen (secondary N) is 1. The largest absolute Gasteiger partial charge is 0.341 e. The molecule has 2 saturated heterocycles. The molecule has 0 spiro atoms. The van der Waals surface area contributed by atoms with Gasteiger partial charge in [-0.25, -0.2) is 4.79 Å². The summed E-state index contributed by atoms with van der Waals surface area (Å²) in [5, 5.41) is 2.36. The van der Waals surface area contributed by atoms with Crippen LogP contribution in [0, 0.1) is 0 Å². The van der Waals surface area contributed by atoms with Crippen LogP contribution in [0.4, 0.5) is 4.79 Å². The molecule has 2 aliphatic heterocycles. The molecule has 1 N–H and O–H groups in total. The Morgan fingerprint density at radius 3 is 2.19 bits per heavy atom. The molecule has 2 rings (SSSR count). The lowest BCUT2D eigenvalue weighted by molar-refractivity contribution is -0.134. The summed E-state index contributed by atoms with van der Waals surface area (Å²) in [5.74, 6) is -0.325. The Morgan fingerprint density at radius 2 is 1.67 bits per heavy atom. The van der Waals surface area contributed by atoms with Crippen LogP contribution in [0.3, 0.4) is 0 Å². The maximum Gasteiger partial charge on any atom is 0.325 e. The first-order chi connectivity index (χ1) is 10.0. The van der Waals surface area contributed by atoms with E-state index < -0.39 is 11.6 Å². The van der Waals surface area contributed by atoms with Crippen molar-refractivity contribution in [3.05, 3.63) is 0 Å². The van der Waals surface area contributed by atoms with Crippen molar-refractivity contribution in [1.82, 2.24) is 15.1 Å². The Hall–Kier alpha value is -1.59. The average Bonchev–Trinajstić information content (AvgIpc) is 2.69. The predicted molar refractivity (Wildman–Crippen MR) is 78.6 cm³/mol. The molecule has 6 nitrogen and oxygen atoms in total. The number of nitrogens with zero attached hydrogens (tertiary/aromatic N) is 2. The molecular formula is C15H25N3O3. The molecule has 0 unspecified atom stereocenters. The van der Waals surface area contributed by atoms with Gasteiger partial charge in [-0.3, -0.25) is 14.9 Å². The molecule has 0 radical (unpaired) electrons. The Bertz CT molecular complexity index is 424. The second-order valence-corrected chi connectivity index (χ2v) is 5.88. The number of rotatable bonds is 4. The highest BCUT2D eigenvalue weighted by Crippen LogP contribution is 2.29. The minimum atomic E-state index is -0.863. The summed E-state index contributed by atoms with van der Waals surface area (Å²) >= 11 is 0. The van der Waals surface area contributed by atoms with E-state index in [4.69, 9.17) is 0 Å². The first-order valence-electron chi connectivity index (χ1n) is 7.96. The van der Waals surface area contributed by atoms with Crippen molar-refractivity contribution < 1.29 is 14.4 Å². The Balaban J connectivity index is 2.10. The predicted octanol–water partition coefficient (Wildman–Crippen LogP) is 1.50. The van der Waals surface area contributed by atoms with Gasteiger partial charge >= 0.3 is 6.03 Å². The van der Waals surface area contributed by atoms with Gasteiger partial charge in [0.25, 0.3) is 5.91 Å². The Kier molecular flexibility index (Phi) is 4.85. The number of hydrogen-bond acceptors (Lipinski definition) is 3. The van der Waals surface area contributed by atoms with Gasteiger partial charge in [-0.05, 0) is 25.7 Å². The van der Waals surface area contributed by atoms with Gasteiger partial charge in [-0.15, -0.1) is 0 Å². The summed E-state index contributed by atoms with van der Waals surface area (Å²) < 4.78 is 0. The number of carbonyl (C=O) groups is 3. The van der Waals surface area contributed by atoms with Crippen LogP contribution < -0.4 is 5.32 Å². The molecule has 0 aromatic rings. The molecule has 21 heavy (non-hydrogen) atoms. The minimum Gasteiger partial charge on any atom is -0.341 e. The van der Waals surface area contributed by atoms with Gasteiger partial charge in [0, 0.05) is 13.1 Å². The van der Waals surface area contributed by atoms with Gasteiger partial charge in [-0.1, -0.05) is 26.7 Å². The second kappa shape index (κ2) is 6.45. The quantitative estimate of drug-likeness (QED) is 0.799. The van der Waals surface area contributed by atoms with E-state index in [2.05, 4.69) is 5.32 Å². The third kappa shape index (κ3) is 2.89. The van der Waals surface area contributed by atoms with Crippen LogP contribution >= 0.6 is 0 Å². The number of imide groups is 1. The fourth-order valence-electron chi connectivity index (χ4n) is 3.33. The van der Waals surface area contributed by atoms with Crippen LogP contribution in [0.25, 0.3) is 0 Å². The molecule has 118 valence electrons. The summed E-state index contributed by atoms with van der Waals surface area (Å²) in [5.41, 5.74) is -0.863. The molecule has 2 aliphatic rings. The van der Waals surface area contributed by atoms with Crippen LogP contribution in [-0.4, -0.2) is 52.8 Å². The van der Waals surface area contributed by atoms with Crippen molar-refractivity contribution in [1.29, 1.82) is 0 Å². The van der Waals surface area contributed by atoms with Gasteiger partial charge in [0.1, 0.15) is 12.1 Å². The molecule has 0 aliphatic carbocycles. The topological polar surface area (TPSA) is 69.7 Å². The van der Waals surface area contributed by atoms with Crippen molar-refractivity contribution >= 4 is 17.8 Å². The molecule has 0 atom stereocenters. The first kappa shape index (κ1) is 15.8. The summed E-state index contributed by atoms with van der Waals surface area (Å²) in [4.78, 5) is 39.9. The number of likely N-dealkylation sites (tertiary alicyclic amines) is 1. The molecule has 0 aromatic heterocycles. The fraction of sp³-hybridized carbons (Fsp3) is 0.800. The number of carbonyl (C=O) groups excluding carboxylic acids is 3. The monoisotopic (exact) mass is 295 g/mol. The number of urea groups is 1. The van der Waals surface area contributed by atoms with Crippen LogP contribution in [0.1, 0.15) is 52.4 Å². The van der Waals surface area contributed by atoms with E-state index in [1.54, 1.807) is 0 Å². The van der Waals surface area contributed by atoms with Crippen molar-refractivity contribution in [3.63, 3.8) is 0 Å². The van der Waals surface area contributed by atoms with Crippen LogP contribution in [0.5, 0.6) is 0 Å². The second-order valence-electron chi connectivity index (χ2n) is 5.88. The summed E-state index contributed by atoms with van der Waals surface area (Å²) in [6.07, 6.45) is 5.39. The van der Waals surface area contributed by atoms with E-state index in [0.717, 1.165) is 38.8 Å². The van der Waals surface area contributed by atoms with Crippen LogP contribution in [0.15, 0.2) is 0 Å². The third-order valence-corrected chi connectivity index (χ3v) is 4.83. The highest BCUT2D eigenvalue weighted by molar-refractivity contribution is 6.08. The maximum absolute atomic E-state index is 12.5. The molecule has 4 amide bonds. The van der Waals surface area contributed by atoms with Gasteiger partial charge in [0.05, 0.1) is 0 Å². The number of hydrogen-bond donors (Lipinski definition) is 1. The molecule has 0 saturated carbocycles. The standard InChI is InChI=1S/C15H25N3O3/c1-3-15(4-2)13(20)16-14(21)18(15)11-12(19)17-9-7-5-6-8-10-17/h3-11H2,1-2H3,(H,16,20,21). The Morgan fingerprint density at radius 1 is 1.10 bits per heavy atom. The Labute approximate surface area is 125 Å². The van der Waals surface area contributed by atoms with Gasteiger partial charge in [-0.2, -0.15) is 0 Å². The highest BCUT2D eigenvalue weighted by atomic mass is 16.2. The van der Waals surface area contributed by atoms with E-state index in [9.17, 15) is 14.4 Å². The van der Waals surface area contributed by atoms with Crippen molar-refractivity contribution in [3.8, 4) is 0 Å². The van der Waals surface area contributed by atoms with Crippen molar-refractivity contribution in [2.24, 2.45) is 0 Å². The van der Waals surface area contributed by atoms with E-state index in [1.165, 1.54) is 4.90 Å². The zero-order valence-corrected chi connectivity index (χ0v) is 13.0. The zero-order chi connectivity index (χ0) is 15.5. The molecule has 6 heteroatoms. The molecule has 0 bridgehead atoms. The van der Waals surface area contributed by atoms with Gasteiger partial charge in [0.15, 0.2) is 0 Å². The maximum atomic E-state index is 12.5. The molecule has 2 fully saturated rings. The van der Waals surface area contributed by atoms with E-state index in [1.807, 2.05) is 18.7 Å². The summed E-state index contributed by atoms with van der Waals surface area (Å²) in [7, 11) is 0. The van der Waals surface area contributed by atoms with Crippen molar-refractivity contribution in [2.75, 3.05) is 19.6 Å². The first-order valence-corrected chi connectivity index (χ1v) is 7.96. The van der Waals surface area contributed by atoms with Gasteiger partial charge in [0.2, 0.25) is 5.91 Å². The number of amides is 4. The SMILES string of the molecule is CCC1(CC)C(=O)NC(=O)N1CC(=O)N1CCCCCC1. The minimum absolute atomic E-state index is 0.000741. The molecular weight excluding hydrogens is 270 g/mol. The normalized spacial score (nSPS) is 22.2. The lowest BCUT2D eigenvalue weighted by Gasteiger charge is -2.34. The van der Waals surface area contributed by atoms with Crippen molar-refractivity contribution in [2.45, 2.75) is 57.9 Å². The van der Waals surface area contributed by atoms with Gasteiger partial charge < -0.3 is 9.80 Å². The van der Waals surface area contributed by atoms with Crippen LogP contribution in [0.2, 0.25) is 0 Å². The summed E-state index contributed by atoms with van der Waals surface area (Å²) in [6, 6.07) is -0.438. The third-order valence-electron chi connectivity index (χ3n) is 4.83. The fourth-order valence-corrected chi connectivity index (χ4v) is 3.33. The molecule has 0 aromatic carbocycles. The van der Waals surface area contributed by atoms with E-state index >= 15 is 0 Å². The lowest BCUT2D eigenvalue weighted by Crippen LogP contribution is -2.52. The highest BCUT2D eigenvalue weighted by Gasteiger charge is 2.51. The van der Waals surface area contributed by atoms with E-state index in [-0.39, 0.29) is 18.4 Å². The average molecular weight is 295 g/mol. The smallest absolute Gasteiger partial charge is 0.325 e. The molecule has 2 heterocycles. The van der Waals surface area contributed by atoms with Crippen LogP contribution in [-0.2, 0) is 9.59 Å². The summed E-state index contributed by atoms with van der Waals surface area (Å²) in [6.45, 7) is 5.27. The lowest BCUT2D eigenvalue weighted by atomic mass is 9.91.